The minimum atomic E-state index is -0.326. The van der Waals surface area contributed by atoms with Gasteiger partial charge in [-0.3, -0.25) is 0 Å². The molecule has 124 valence electrons. The molecule has 0 spiro atoms. The van der Waals surface area contributed by atoms with Gasteiger partial charge in [0.15, 0.2) is 0 Å². The van der Waals surface area contributed by atoms with Gasteiger partial charge >= 0.3 is 0 Å². The SMILES string of the molecule is CC(C)(C)OC(=S)SC(Cn1ccnc1)c1ccc(Cl)cc1Cl. The molecule has 2 rings (SSSR count). The number of imidazole rings is 1. The third-order valence-electron chi connectivity index (χ3n) is 2.87. The second-order valence-corrected chi connectivity index (χ2v) is 8.64. The van der Waals surface area contributed by atoms with Crippen LogP contribution in [0.2, 0.25) is 10.0 Å². The Labute approximate surface area is 156 Å². The van der Waals surface area contributed by atoms with Gasteiger partial charge < -0.3 is 9.30 Å². The van der Waals surface area contributed by atoms with Crippen molar-refractivity contribution in [3.05, 3.63) is 52.5 Å². The van der Waals surface area contributed by atoms with Crippen molar-refractivity contribution in [3.63, 3.8) is 0 Å². The highest BCUT2D eigenvalue weighted by Gasteiger charge is 2.22. The van der Waals surface area contributed by atoms with E-state index in [1.807, 2.05) is 43.7 Å². The Balaban J connectivity index is 2.22. The number of aromatic nitrogens is 2. The molecular weight excluding hydrogens is 371 g/mol. The Hall–Kier alpha value is -0.750. The summed E-state index contributed by atoms with van der Waals surface area (Å²) < 4.78 is 8.26. The summed E-state index contributed by atoms with van der Waals surface area (Å²) in [5, 5.41) is 1.23. The summed E-state index contributed by atoms with van der Waals surface area (Å²) in [7, 11) is 0. The Morgan fingerprint density at radius 1 is 1.39 bits per heavy atom. The van der Waals surface area contributed by atoms with Crippen LogP contribution in [0.3, 0.4) is 0 Å². The van der Waals surface area contributed by atoms with Gasteiger partial charge in [0, 0.05) is 29.0 Å². The van der Waals surface area contributed by atoms with Gasteiger partial charge in [0.2, 0.25) is 4.38 Å². The second-order valence-electron chi connectivity index (χ2n) is 6.00. The molecule has 1 aromatic carbocycles. The number of rotatable bonds is 4. The summed E-state index contributed by atoms with van der Waals surface area (Å²) in [5.74, 6) is 0. The molecule has 1 unspecified atom stereocenters. The first-order valence-corrected chi connectivity index (χ1v) is 9.09. The third-order valence-corrected chi connectivity index (χ3v) is 4.77. The average molecular weight is 389 g/mol. The first-order valence-electron chi connectivity index (χ1n) is 7.05. The molecule has 0 aliphatic carbocycles. The zero-order valence-electron chi connectivity index (χ0n) is 13.1. The van der Waals surface area contributed by atoms with E-state index in [-0.39, 0.29) is 10.9 Å². The van der Waals surface area contributed by atoms with Crippen molar-refractivity contribution in [1.82, 2.24) is 9.55 Å². The fourth-order valence-corrected chi connectivity index (χ4v) is 4.25. The third kappa shape index (κ3) is 5.99. The average Bonchev–Trinajstić information content (AvgIpc) is 2.88. The van der Waals surface area contributed by atoms with Gasteiger partial charge in [0.25, 0.3) is 0 Å². The van der Waals surface area contributed by atoms with Gasteiger partial charge in [-0.15, -0.1) is 0 Å². The predicted octanol–water partition coefficient (Wildman–Crippen LogP) is 5.76. The van der Waals surface area contributed by atoms with Gasteiger partial charge in [-0.1, -0.05) is 41.0 Å². The molecule has 0 amide bonds. The molecule has 0 aliphatic rings. The summed E-state index contributed by atoms with van der Waals surface area (Å²) in [6.45, 7) is 6.60. The summed E-state index contributed by atoms with van der Waals surface area (Å²) in [6.07, 6.45) is 5.42. The van der Waals surface area contributed by atoms with E-state index in [1.54, 1.807) is 18.6 Å². The molecule has 3 nitrogen and oxygen atoms in total. The van der Waals surface area contributed by atoms with Crippen LogP contribution in [0, 0.1) is 0 Å². The highest BCUT2D eigenvalue weighted by molar-refractivity contribution is 8.22. The monoisotopic (exact) mass is 388 g/mol. The molecule has 0 saturated heterocycles. The lowest BCUT2D eigenvalue weighted by Crippen LogP contribution is -2.22. The molecule has 1 heterocycles. The molecule has 0 aliphatic heterocycles. The maximum Gasteiger partial charge on any atom is 0.221 e. The largest absolute Gasteiger partial charge is 0.473 e. The smallest absolute Gasteiger partial charge is 0.221 e. The second kappa shape index (κ2) is 7.88. The zero-order chi connectivity index (χ0) is 17.0. The predicted molar refractivity (Wildman–Crippen MR) is 102 cm³/mol. The zero-order valence-corrected chi connectivity index (χ0v) is 16.3. The van der Waals surface area contributed by atoms with Gasteiger partial charge in [0.1, 0.15) is 5.60 Å². The van der Waals surface area contributed by atoms with E-state index in [4.69, 9.17) is 40.2 Å². The minimum Gasteiger partial charge on any atom is -0.473 e. The van der Waals surface area contributed by atoms with Crippen LogP contribution in [0.15, 0.2) is 36.9 Å². The van der Waals surface area contributed by atoms with Crippen LogP contribution >= 0.6 is 47.2 Å². The summed E-state index contributed by atoms with van der Waals surface area (Å²) in [5.41, 5.74) is 0.641. The number of hydrogen-bond donors (Lipinski definition) is 0. The van der Waals surface area contributed by atoms with Crippen molar-refractivity contribution in [2.45, 2.75) is 38.2 Å². The Morgan fingerprint density at radius 2 is 2.13 bits per heavy atom. The minimum absolute atomic E-state index is 0.00353. The van der Waals surface area contributed by atoms with E-state index in [9.17, 15) is 0 Å². The van der Waals surface area contributed by atoms with Crippen LogP contribution in [0.25, 0.3) is 0 Å². The Bertz CT molecular complexity index is 669. The Kier molecular flexibility index (Phi) is 6.37. The van der Waals surface area contributed by atoms with E-state index >= 15 is 0 Å². The molecule has 0 N–H and O–H groups in total. The van der Waals surface area contributed by atoms with E-state index in [1.165, 1.54) is 11.8 Å². The molecule has 0 radical (unpaired) electrons. The van der Waals surface area contributed by atoms with E-state index < -0.39 is 0 Å². The van der Waals surface area contributed by atoms with Gasteiger partial charge in [0.05, 0.1) is 11.6 Å². The molecule has 0 fully saturated rings. The maximum absolute atomic E-state index is 6.37. The van der Waals surface area contributed by atoms with Crippen molar-refractivity contribution in [1.29, 1.82) is 0 Å². The first kappa shape index (κ1) is 18.6. The molecule has 2 aromatic rings. The molecular formula is C16H18Cl2N2OS2. The molecule has 1 atom stereocenters. The fraction of sp³-hybridized carbons (Fsp3) is 0.375. The molecule has 0 saturated carbocycles. The molecule has 1 aromatic heterocycles. The van der Waals surface area contributed by atoms with Crippen LogP contribution in [0.4, 0.5) is 0 Å². The number of halogens is 2. The fourth-order valence-electron chi connectivity index (χ4n) is 1.94. The summed E-state index contributed by atoms with van der Waals surface area (Å²) in [4.78, 5) is 4.08. The van der Waals surface area contributed by atoms with Crippen molar-refractivity contribution >= 4 is 51.6 Å². The van der Waals surface area contributed by atoms with Crippen LogP contribution in [0.5, 0.6) is 0 Å². The van der Waals surface area contributed by atoms with Crippen molar-refractivity contribution in [2.75, 3.05) is 0 Å². The summed E-state index contributed by atoms with van der Waals surface area (Å²) in [6, 6.07) is 5.50. The lowest BCUT2D eigenvalue weighted by molar-refractivity contribution is 0.127. The van der Waals surface area contributed by atoms with E-state index in [2.05, 4.69) is 4.98 Å². The molecule has 23 heavy (non-hydrogen) atoms. The van der Waals surface area contributed by atoms with Crippen LogP contribution < -0.4 is 0 Å². The lowest BCUT2D eigenvalue weighted by atomic mass is 10.1. The maximum atomic E-state index is 6.37. The highest BCUT2D eigenvalue weighted by atomic mass is 35.5. The van der Waals surface area contributed by atoms with Gasteiger partial charge in [-0.25, -0.2) is 4.98 Å². The Morgan fingerprint density at radius 3 is 2.70 bits per heavy atom. The quantitative estimate of drug-likeness (QED) is 0.621. The highest BCUT2D eigenvalue weighted by Crippen LogP contribution is 2.38. The standard InChI is InChI=1S/C16H18Cl2N2OS2/c1-16(2,3)21-15(22)23-14(9-20-7-6-19-10-20)12-5-4-11(17)8-13(12)18/h4-8,10,14H,9H2,1-3H3. The molecule has 0 bridgehead atoms. The van der Waals surface area contributed by atoms with Gasteiger partial charge in [-0.05, 0) is 50.7 Å². The van der Waals surface area contributed by atoms with Crippen molar-refractivity contribution in [3.8, 4) is 0 Å². The number of ether oxygens (including phenoxy) is 1. The number of thiocarbonyl (C=S) groups is 1. The topological polar surface area (TPSA) is 27.1 Å². The number of thioether (sulfide) groups is 1. The van der Waals surface area contributed by atoms with E-state index in [0.717, 1.165) is 5.56 Å². The lowest BCUT2D eigenvalue weighted by Gasteiger charge is -2.24. The molecule has 7 heteroatoms. The number of hydrogen-bond acceptors (Lipinski definition) is 4. The van der Waals surface area contributed by atoms with Gasteiger partial charge in [-0.2, -0.15) is 0 Å². The normalized spacial score (nSPS) is 12.9. The van der Waals surface area contributed by atoms with Crippen LogP contribution in [-0.4, -0.2) is 19.5 Å². The number of benzene rings is 1. The van der Waals surface area contributed by atoms with Crippen molar-refractivity contribution in [2.24, 2.45) is 0 Å². The number of nitrogens with zero attached hydrogens (tertiary/aromatic N) is 2. The first-order chi connectivity index (χ1) is 10.7. The van der Waals surface area contributed by atoms with E-state index in [0.29, 0.717) is 21.0 Å². The van der Waals surface area contributed by atoms with Crippen LogP contribution in [0.1, 0.15) is 31.6 Å². The van der Waals surface area contributed by atoms with Crippen LogP contribution in [-0.2, 0) is 11.3 Å². The summed E-state index contributed by atoms with van der Waals surface area (Å²) >= 11 is 19.2. The van der Waals surface area contributed by atoms with Crippen molar-refractivity contribution < 1.29 is 4.74 Å².